The molecule has 0 spiro atoms. The maximum atomic E-state index is 11.9. The Balaban J connectivity index is 1.80. The predicted molar refractivity (Wildman–Crippen MR) is 84.3 cm³/mol. The second kappa shape index (κ2) is 6.85. The van der Waals surface area contributed by atoms with Crippen molar-refractivity contribution in [3.05, 3.63) is 22.8 Å². The number of hydrogen-bond acceptors (Lipinski definition) is 4. The van der Waals surface area contributed by atoms with E-state index in [2.05, 4.69) is 26.2 Å². The van der Waals surface area contributed by atoms with Crippen molar-refractivity contribution in [1.29, 1.82) is 0 Å². The number of halogens is 1. The molecule has 1 N–H and O–H groups in total. The summed E-state index contributed by atoms with van der Waals surface area (Å²) < 4.78 is 25.2. The zero-order valence-electron chi connectivity index (χ0n) is 11.8. The van der Waals surface area contributed by atoms with Crippen LogP contribution in [0.3, 0.4) is 0 Å². The van der Waals surface area contributed by atoms with Crippen LogP contribution in [0, 0.1) is 5.92 Å². The maximum Gasteiger partial charge on any atom is 0.225 e. The van der Waals surface area contributed by atoms with Gasteiger partial charge in [-0.25, -0.2) is 17.7 Å². The summed E-state index contributed by atoms with van der Waals surface area (Å²) in [5.74, 6) is 0.665. The van der Waals surface area contributed by atoms with Crippen molar-refractivity contribution in [1.82, 2.24) is 9.29 Å². The van der Waals surface area contributed by atoms with Crippen LogP contribution >= 0.6 is 15.9 Å². The van der Waals surface area contributed by atoms with E-state index >= 15 is 0 Å². The summed E-state index contributed by atoms with van der Waals surface area (Å²) in [4.78, 5) is 16.0. The Morgan fingerprint density at radius 1 is 1.43 bits per heavy atom. The van der Waals surface area contributed by atoms with Crippen LogP contribution < -0.4 is 5.32 Å². The van der Waals surface area contributed by atoms with E-state index in [0.717, 1.165) is 4.47 Å². The smallest absolute Gasteiger partial charge is 0.225 e. The van der Waals surface area contributed by atoms with Crippen LogP contribution in [0.2, 0.25) is 0 Å². The van der Waals surface area contributed by atoms with E-state index in [9.17, 15) is 13.2 Å². The van der Waals surface area contributed by atoms with Crippen LogP contribution in [-0.4, -0.2) is 43.0 Å². The van der Waals surface area contributed by atoms with Gasteiger partial charge in [-0.2, -0.15) is 0 Å². The van der Waals surface area contributed by atoms with Gasteiger partial charge in [0.1, 0.15) is 5.82 Å². The van der Waals surface area contributed by atoms with Gasteiger partial charge in [-0.3, -0.25) is 4.79 Å². The Bertz CT molecular complexity index is 596. The maximum absolute atomic E-state index is 11.9. The van der Waals surface area contributed by atoms with E-state index in [1.807, 2.05) is 6.07 Å². The molecule has 0 bridgehead atoms. The molecule has 2 rings (SSSR count). The molecule has 1 aliphatic rings. The number of carbonyl (C=O) groups excluding carboxylic acids is 1. The van der Waals surface area contributed by atoms with Crippen LogP contribution in [0.4, 0.5) is 5.82 Å². The van der Waals surface area contributed by atoms with E-state index in [4.69, 9.17) is 0 Å². The van der Waals surface area contributed by atoms with Crippen molar-refractivity contribution in [2.24, 2.45) is 5.92 Å². The minimum absolute atomic E-state index is 0.0809. The molecule has 1 aliphatic heterocycles. The lowest BCUT2D eigenvalue weighted by Crippen LogP contribution is -2.38. The topological polar surface area (TPSA) is 79.4 Å². The molecule has 0 aliphatic carbocycles. The van der Waals surface area contributed by atoms with Gasteiger partial charge >= 0.3 is 0 Å². The molecular formula is C13H18BrN3O3S. The van der Waals surface area contributed by atoms with Crippen molar-refractivity contribution < 1.29 is 13.2 Å². The first kappa shape index (κ1) is 16.4. The van der Waals surface area contributed by atoms with Gasteiger partial charge in [0, 0.05) is 30.2 Å². The van der Waals surface area contributed by atoms with Gasteiger partial charge in [-0.1, -0.05) is 0 Å². The quantitative estimate of drug-likeness (QED) is 0.870. The molecule has 0 radical (unpaired) electrons. The molecule has 1 amide bonds. The molecule has 0 atom stereocenters. The molecule has 0 unspecified atom stereocenters. The third-order valence-electron chi connectivity index (χ3n) is 3.51. The van der Waals surface area contributed by atoms with Gasteiger partial charge in [0.15, 0.2) is 0 Å². The average Bonchev–Trinajstić information content (AvgIpc) is 2.41. The summed E-state index contributed by atoms with van der Waals surface area (Å²) in [5, 5.41) is 2.76. The number of pyridine rings is 1. The fourth-order valence-electron chi connectivity index (χ4n) is 2.35. The van der Waals surface area contributed by atoms with Crippen LogP contribution in [0.5, 0.6) is 0 Å². The Morgan fingerprint density at radius 3 is 2.62 bits per heavy atom. The summed E-state index contributed by atoms with van der Waals surface area (Å²) in [6.07, 6.45) is 4.68. The van der Waals surface area contributed by atoms with Crippen molar-refractivity contribution >= 4 is 37.7 Å². The van der Waals surface area contributed by atoms with Crippen molar-refractivity contribution in [2.45, 2.75) is 19.3 Å². The normalized spacial score (nSPS) is 17.6. The SMILES string of the molecule is CS(=O)(=O)N1CCC(CC(=O)Nc2ccc(Br)cn2)CC1. The van der Waals surface area contributed by atoms with Gasteiger partial charge in [0.05, 0.1) is 6.26 Å². The molecule has 116 valence electrons. The van der Waals surface area contributed by atoms with Gasteiger partial charge in [0.25, 0.3) is 0 Å². The Labute approximate surface area is 133 Å². The highest BCUT2D eigenvalue weighted by molar-refractivity contribution is 9.10. The fourth-order valence-corrected chi connectivity index (χ4v) is 3.46. The highest BCUT2D eigenvalue weighted by atomic mass is 79.9. The van der Waals surface area contributed by atoms with Crippen LogP contribution in [0.15, 0.2) is 22.8 Å². The van der Waals surface area contributed by atoms with E-state index in [1.165, 1.54) is 10.6 Å². The monoisotopic (exact) mass is 375 g/mol. The summed E-state index contributed by atoms with van der Waals surface area (Å²) in [7, 11) is -3.11. The van der Waals surface area contributed by atoms with E-state index in [0.29, 0.717) is 38.2 Å². The molecule has 1 fully saturated rings. The molecular weight excluding hydrogens is 358 g/mol. The predicted octanol–water partition coefficient (Wildman–Crippen LogP) is 1.84. The molecule has 21 heavy (non-hydrogen) atoms. The fraction of sp³-hybridized carbons (Fsp3) is 0.538. The van der Waals surface area contributed by atoms with Crippen LogP contribution in [0.25, 0.3) is 0 Å². The molecule has 0 saturated carbocycles. The largest absolute Gasteiger partial charge is 0.311 e. The Morgan fingerprint density at radius 2 is 2.10 bits per heavy atom. The zero-order valence-corrected chi connectivity index (χ0v) is 14.2. The molecule has 1 aromatic rings. The first-order valence-corrected chi connectivity index (χ1v) is 9.35. The number of sulfonamides is 1. The van der Waals surface area contributed by atoms with Crippen molar-refractivity contribution in [3.63, 3.8) is 0 Å². The van der Waals surface area contributed by atoms with E-state index in [1.54, 1.807) is 12.3 Å². The number of rotatable bonds is 4. The number of carbonyl (C=O) groups is 1. The number of hydrogen-bond donors (Lipinski definition) is 1. The number of aromatic nitrogens is 1. The first-order valence-electron chi connectivity index (χ1n) is 6.71. The number of amides is 1. The Hall–Kier alpha value is -0.990. The lowest BCUT2D eigenvalue weighted by Gasteiger charge is -2.29. The second-order valence-electron chi connectivity index (χ2n) is 5.22. The van der Waals surface area contributed by atoms with Crippen molar-refractivity contribution in [3.8, 4) is 0 Å². The third kappa shape index (κ3) is 5.05. The average molecular weight is 376 g/mol. The number of nitrogens with one attached hydrogen (secondary N) is 1. The third-order valence-corrected chi connectivity index (χ3v) is 5.28. The highest BCUT2D eigenvalue weighted by Gasteiger charge is 2.26. The first-order chi connectivity index (χ1) is 9.84. The molecule has 0 aromatic carbocycles. The van der Waals surface area contributed by atoms with Gasteiger partial charge in [-0.15, -0.1) is 0 Å². The number of anilines is 1. The van der Waals surface area contributed by atoms with Crippen LogP contribution in [-0.2, 0) is 14.8 Å². The molecule has 8 heteroatoms. The number of nitrogens with zero attached hydrogens (tertiary/aromatic N) is 2. The van der Waals surface area contributed by atoms with Crippen LogP contribution in [0.1, 0.15) is 19.3 Å². The van der Waals surface area contributed by atoms with Gasteiger partial charge < -0.3 is 5.32 Å². The lowest BCUT2D eigenvalue weighted by molar-refractivity contribution is -0.117. The van der Waals surface area contributed by atoms with Crippen molar-refractivity contribution in [2.75, 3.05) is 24.7 Å². The highest BCUT2D eigenvalue weighted by Crippen LogP contribution is 2.22. The molecule has 6 nitrogen and oxygen atoms in total. The van der Waals surface area contributed by atoms with E-state index in [-0.39, 0.29) is 11.8 Å². The minimum Gasteiger partial charge on any atom is -0.311 e. The molecule has 1 aromatic heterocycles. The summed E-state index contributed by atoms with van der Waals surface area (Å²) >= 11 is 3.28. The summed E-state index contributed by atoms with van der Waals surface area (Å²) in [6.45, 7) is 0.987. The molecule has 2 heterocycles. The summed E-state index contributed by atoms with van der Waals surface area (Å²) in [5.41, 5.74) is 0. The second-order valence-corrected chi connectivity index (χ2v) is 8.12. The lowest BCUT2D eigenvalue weighted by atomic mass is 9.94. The van der Waals surface area contributed by atoms with Gasteiger partial charge in [0.2, 0.25) is 15.9 Å². The Kier molecular flexibility index (Phi) is 5.34. The minimum atomic E-state index is -3.11. The standard InChI is InChI=1S/C13H18BrN3O3S/c1-21(19,20)17-6-4-10(5-7-17)8-13(18)16-12-3-2-11(14)9-15-12/h2-3,9-10H,4-8H2,1H3,(H,15,16,18). The zero-order chi connectivity index (χ0) is 15.5. The summed E-state index contributed by atoms with van der Waals surface area (Å²) in [6, 6.07) is 3.54. The number of piperidine rings is 1. The van der Waals surface area contributed by atoms with Gasteiger partial charge in [-0.05, 0) is 46.8 Å². The van der Waals surface area contributed by atoms with E-state index < -0.39 is 10.0 Å². The molecule has 1 saturated heterocycles.